The Kier molecular flexibility index (Phi) is 3.49. The van der Waals surface area contributed by atoms with Gasteiger partial charge >= 0.3 is 0 Å². The molecule has 0 bridgehead atoms. The van der Waals surface area contributed by atoms with E-state index in [0.29, 0.717) is 0 Å². The third kappa shape index (κ3) is 2.44. The molecule has 0 saturated carbocycles. The molecule has 2 aromatic rings. The van der Waals surface area contributed by atoms with Crippen LogP contribution in [0.25, 0.3) is 0 Å². The van der Waals surface area contributed by atoms with Gasteiger partial charge in [0.05, 0.1) is 0 Å². The molecule has 2 heteroatoms. The van der Waals surface area contributed by atoms with E-state index in [4.69, 9.17) is 4.52 Å². The second-order valence-electron chi connectivity index (χ2n) is 3.34. The highest BCUT2D eigenvalue weighted by molar-refractivity contribution is 7.09. The van der Waals surface area contributed by atoms with Gasteiger partial charge in [-0.05, 0) is 11.1 Å². The predicted molar refractivity (Wildman–Crippen MR) is 65.5 cm³/mol. The first-order valence-electron chi connectivity index (χ1n) is 4.87. The summed E-state index contributed by atoms with van der Waals surface area (Å²) in [5, 5.41) is 0. The van der Waals surface area contributed by atoms with Crippen LogP contribution in [0.5, 0.6) is 0 Å². The number of hydrogen-bond donors (Lipinski definition) is 0. The van der Waals surface area contributed by atoms with Crippen LogP contribution in [-0.4, -0.2) is 0 Å². The zero-order chi connectivity index (χ0) is 10.5. The Balaban J connectivity index is 2.34. The Bertz CT molecular complexity index is 360. The molecule has 1 atom stereocenters. The maximum absolute atomic E-state index is 5.44. The molecule has 0 aliphatic heterocycles. The topological polar surface area (TPSA) is 9.23 Å². The van der Waals surface area contributed by atoms with Crippen molar-refractivity contribution in [3.8, 4) is 0 Å². The monoisotopic (exact) mass is 216 g/mol. The van der Waals surface area contributed by atoms with Crippen LogP contribution in [0.4, 0.5) is 0 Å². The van der Waals surface area contributed by atoms with Gasteiger partial charge in [0, 0.05) is 9.47 Å². The predicted octanol–water partition coefficient (Wildman–Crippen LogP) is 3.58. The van der Waals surface area contributed by atoms with Crippen LogP contribution in [0.3, 0.4) is 0 Å². The van der Waals surface area contributed by atoms with Crippen molar-refractivity contribution in [2.75, 3.05) is 0 Å². The zero-order valence-electron chi connectivity index (χ0n) is 8.34. The maximum atomic E-state index is 5.44. The standard InChI is InChI=1S/C13H13OP/c15-14-13(11-7-3-1-4-8-11)12-9-5-2-6-10-12/h1-10,13H,15H2. The van der Waals surface area contributed by atoms with Crippen molar-refractivity contribution in [3.05, 3.63) is 71.8 Å². The SMILES string of the molecule is POC(c1ccccc1)c1ccccc1. The van der Waals surface area contributed by atoms with Crippen molar-refractivity contribution in [2.45, 2.75) is 6.10 Å². The molecule has 0 aromatic heterocycles. The molecule has 15 heavy (non-hydrogen) atoms. The largest absolute Gasteiger partial charge is 0.353 e. The highest BCUT2D eigenvalue weighted by Gasteiger charge is 2.11. The second-order valence-corrected chi connectivity index (χ2v) is 3.61. The van der Waals surface area contributed by atoms with Crippen LogP contribution < -0.4 is 0 Å². The third-order valence-electron chi connectivity index (χ3n) is 2.34. The van der Waals surface area contributed by atoms with Crippen LogP contribution in [0.1, 0.15) is 17.2 Å². The Labute approximate surface area is 92.4 Å². The van der Waals surface area contributed by atoms with E-state index in [1.54, 1.807) is 0 Å². The van der Waals surface area contributed by atoms with Crippen LogP contribution in [0.2, 0.25) is 0 Å². The smallest absolute Gasteiger partial charge is 0.111 e. The molecule has 0 aliphatic rings. The Hall–Kier alpha value is -1.17. The molecular weight excluding hydrogens is 203 g/mol. The quantitative estimate of drug-likeness (QED) is 0.712. The van der Waals surface area contributed by atoms with Gasteiger partial charge in [-0.15, -0.1) is 0 Å². The minimum Gasteiger partial charge on any atom is -0.353 e. The Morgan fingerprint density at radius 2 is 1.13 bits per heavy atom. The fourth-order valence-electron chi connectivity index (χ4n) is 1.61. The summed E-state index contributed by atoms with van der Waals surface area (Å²) in [7, 11) is 2.34. The lowest BCUT2D eigenvalue weighted by Crippen LogP contribution is -1.99. The van der Waals surface area contributed by atoms with Crippen molar-refractivity contribution < 1.29 is 4.52 Å². The van der Waals surface area contributed by atoms with E-state index in [0.717, 1.165) is 0 Å². The first kappa shape index (κ1) is 10.4. The van der Waals surface area contributed by atoms with E-state index in [1.807, 2.05) is 36.4 Å². The van der Waals surface area contributed by atoms with Gasteiger partial charge in [-0.2, -0.15) is 0 Å². The van der Waals surface area contributed by atoms with Gasteiger partial charge in [-0.1, -0.05) is 60.7 Å². The summed E-state index contributed by atoms with van der Waals surface area (Å²) in [5.74, 6) is 0. The summed E-state index contributed by atoms with van der Waals surface area (Å²) in [5.41, 5.74) is 2.33. The first-order chi connectivity index (χ1) is 7.42. The van der Waals surface area contributed by atoms with Gasteiger partial charge in [0.25, 0.3) is 0 Å². The lowest BCUT2D eigenvalue weighted by atomic mass is 10.0. The van der Waals surface area contributed by atoms with Gasteiger partial charge < -0.3 is 4.52 Å². The number of benzene rings is 2. The molecule has 0 fully saturated rings. The number of rotatable bonds is 3. The highest BCUT2D eigenvalue weighted by atomic mass is 31.0. The van der Waals surface area contributed by atoms with Crippen LogP contribution in [0.15, 0.2) is 60.7 Å². The molecule has 1 nitrogen and oxygen atoms in total. The molecule has 2 aromatic carbocycles. The fraction of sp³-hybridized carbons (Fsp3) is 0.0769. The van der Waals surface area contributed by atoms with Crippen LogP contribution in [0, 0.1) is 0 Å². The number of hydrogen-bond acceptors (Lipinski definition) is 1. The third-order valence-corrected chi connectivity index (χ3v) is 2.61. The summed E-state index contributed by atoms with van der Waals surface area (Å²) >= 11 is 0. The average Bonchev–Trinajstić information content (AvgIpc) is 2.33. The minimum absolute atomic E-state index is 0.00241. The van der Waals surface area contributed by atoms with Crippen molar-refractivity contribution >= 4 is 9.47 Å². The van der Waals surface area contributed by atoms with E-state index in [1.165, 1.54) is 11.1 Å². The van der Waals surface area contributed by atoms with Gasteiger partial charge in [0.15, 0.2) is 0 Å². The lowest BCUT2D eigenvalue weighted by Gasteiger charge is -2.15. The summed E-state index contributed by atoms with van der Waals surface area (Å²) < 4.78 is 5.44. The molecule has 76 valence electrons. The zero-order valence-corrected chi connectivity index (χ0v) is 9.49. The molecule has 0 N–H and O–H groups in total. The van der Waals surface area contributed by atoms with Crippen molar-refractivity contribution in [2.24, 2.45) is 0 Å². The molecular formula is C13H13OP. The van der Waals surface area contributed by atoms with E-state index in [9.17, 15) is 0 Å². The van der Waals surface area contributed by atoms with Crippen molar-refractivity contribution in [1.29, 1.82) is 0 Å². The van der Waals surface area contributed by atoms with E-state index >= 15 is 0 Å². The van der Waals surface area contributed by atoms with Gasteiger partial charge in [0.2, 0.25) is 0 Å². The van der Waals surface area contributed by atoms with Crippen molar-refractivity contribution in [3.63, 3.8) is 0 Å². The summed E-state index contributed by atoms with van der Waals surface area (Å²) in [4.78, 5) is 0. The van der Waals surface area contributed by atoms with Gasteiger partial charge in [-0.3, -0.25) is 0 Å². The molecule has 1 unspecified atom stereocenters. The van der Waals surface area contributed by atoms with E-state index in [-0.39, 0.29) is 6.10 Å². The fourth-order valence-corrected chi connectivity index (χ4v) is 1.92. The Morgan fingerprint density at radius 1 is 0.733 bits per heavy atom. The minimum atomic E-state index is -0.00241. The molecule has 0 amide bonds. The van der Waals surface area contributed by atoms with Crippen LogP contribution >= 0.6 is 9.47 Å². The Morgan fingerprint density at radius 3 is 1.47 bits per heavy atom. The van der Waals surface area contributed by atoms with Crippen molar-refractivity contribution in [1.82, 2.24) is 0 Å². The van der Waals surface area contributed by atoms with Gasteiger partial charge in [-0.25, -0.2) is 0 Å². The lowest BCUT2D eigenvalue weighted by molar-refractivity contribution is 0.293. The molecule has 0 spiro atoms. The normalized spacial score (nSPS) is 10.5. The molecule has 0 aliphatic carbocycles. The van der Waals surface area contributed by atoms with E-state index in [2.05, 4.69) is 33.7 Å². The maximum Gasteiger partial charge on any atom is 0.111 e. The van der Waals surface area contributed by atoms with Crippen LogP contribution in [-0.2, 0) is 4.52 Å². The van der Waals surface area contributed by atoms with E-state index < -0.39 is 0 Å². The summed E-state index contributed by atoms with van der Waals surface area (Å²) in [6.45, 7) is 0. The summed E-state index contributed by atoms with van der Waals surface area (Å²) in [6.07, 6.45) is -0.00241. The van der Waals surface area contributed by atoms with Gasteiger partial charge in [0.1, 0.15) is 6.10 Å². The second kappa shape index (κ2) is 5.06. The highest BCUT2D eigenvalue weighted by Crippen LogP contribution is 2.27. The average molecular weight is 216 g/mol. The summed E-state index contributed by atoms with van der Waals surface area (Å²) in [6, 6.07) is 20.4. The first-order valence-corrected chi connectivity index (χ1v) is 5.34. The molecule has 0 heterocycles. The molecule has 2 rings (SSSR count). The molecule has 0 radical (unpaired) electrons. The molecule has 0 saturated heterocycles.